The van der Waals surface area contributed by atoms with Crippen molar-refractivity contribution < 1.29 is 19.4 Å². The van der Waals surface area contributed by atoms with Crippen molar-refractivity contribution in [2.45, 2.75) is 6.54 Å². The van der Waals surface area contributed by atoms with Gasteiger partial charge in [-0.05, 0) is 19.2 Å². The minimum absolute atomic E-state index is 0.0910. The van der Waals surface area contributed by atoms with Crippen LogP contribution in [0.4, 0.5) is 0 Å². The highest BCUT2D eigenvalue weighted by molar-refractivity contribution is 5.87. The van der Waals surface area contributed by atoms with Crippen LogP contribution in [0.3, 0.4) is 0 Å². The van der Waals surface area contributed by atoms with E-state index in [0.717, 1.165) is 0 Å². The summed E-state index contributed by atoms with van der Waals surface area (Å²) in [6.45, 7) is 1.67. The molecule has 20 heavy (non-hydrogen) atoms. The van der Waals surface area contributed by atoms with E-state index in [2.05, 4.69) is 10.3 Å². The summed E-state index contributed by atoms with van der Waals surface area (Å²) in [7, 11) is 3.37. The van der Waals surface area contributed by atoms with Gasteiger partial charge in [-0.2, -0.15) is 0 Å². The van der Waals surface area contributed by atoms with E-state index in [1.807, 2.05) is 0 Å². The molecule has 1 rings (SSSR count). The summed E-state index contributed by atoms with van der Waals surface area (Å²) in [4.78, 5) is 28.1. The van der Waals surface area contributed by atoms with Gasteiger partial charge in [0, 0.05) is 26.4 Å². The molecular weight excluding hydrogens is 262 g/mol. The van der Waals surface area contributed by atoms with Gasteiger partial charge in [-0.3, -0.25) is 14.7 Å². The fourth-order valence-corrected chi connectivity index (χ4v) is 1.57. The van der Waals surface area contributed by atoms with Crippen LogP contribution in [0, 0.1) is 0 Å². The lowest BCUT2D eigenvalue weighted by atomic mass is 10.2. The van der Waals surface area contributed by atoms with Crippen molar-refractivity contribution in [3.8, 4) is 0 Å². The average Bonchev–Trinajstić information content (AvgIpc) is 2.39. The molecule has 1 amide bonds. The van der Waals surface area contributed by atoms with E-state index in [9.17, 15) is 9.59 Å². The Hall–Kier alpha value is -1.99. The molecule has 0 aliphatic heterocycles. The molecule has 0 aromatic carbocycles. The van der Waals surface area contributed by atoms with E-state index in [1.54, 1.807) is 25.1 Å². The van der Waals surface area contributed by atoms with Crippen molar-refractivity contribution in [2.75, 3.05) is 33.9 Å². The van der Waals surface area contributed by atoms with Crippen LogP contribution in [0.25, 0.3) is 0 Å². The summed E-state index contributed by atoms with van der Waals surface area (Å²) < 4.78 is 4.84. The minimum Gasteiger partial charge on any atom is -0.478 e. The van der Waals surface area contributed by atoms with Crippen LogP contribution in [0.5, 0.6) is 0 Å². The van der Waals surface area contributed by atoms with Gasteiger partial charge in [0.25, 0.3) is 0 Å². The third kappa shape index (κ3) is 5.77. The first-order valence-electron chi connectivity index (χ1n) is 6.15. The normalized spacial score (nSPS) is 10.6. The number of nitrogens with zero attached hydrogens (tertiary/aromatic N) is 2. The van der Waals surface area contributed by atoms with Gasteiger partial charge in [0.1, 0.15) is 0 Å². The Bertz CT molecular complexity index is 447. The van der Waals surface area contributed by atoms with Crippen LogP contribution < -0.4 is 5.32 Å². The number of carbonyl (C=O) groups is 2. The lowest BCUT2D eigenvalue weighted by molar-refractivity contribution is -0.122. The van der Waals surface area contributed by atoms with Crippen LogP contribution in [0.1, 0.15) is 16.1 Å². The van der Waals surface area contributed by atoms with Gasteiger partial charge < -0.3 is 15.2 Å². The summed E-state index contributed by atoms with van der Waals surface area (Å²) in [6, 6.07) is 3.14. The smallest absolute Gasteiger partial charge is 0.337 e. The highest BCUT2D eigenvalue weighted by Crippen LogP contribution is 2.02. The Labute approximate surface area is 117 Å². The monoisotopic (exact) mass is 281 g/mol. The molecule has 0 radical (unpaired) electrons. The number of likely N-dealkylation sites (N-methyl/N-ethyl adjacent to an activating group) is 1. The average molecular weight is 281 g/mol. The Morgan fingerprint density at radius 2 is 2.20 bits per heavy atom. The first kappa shape index (κ1) is 16.1. The third-order valence-electron chi connectivity index (χ3n) is 2.55. The maximum atomic E-state index is 11.6. The summed E-state index contributed by atoms with van der Waals surface area (Å²) >= 11 is 0. The molecule has 0 bridgehead atoms. The number of aromatic nitrogens is 1. The molecule has 0 fully saturated rings. The van der Waals surface area contributed by atoms with Crippen molar-refractivity contribution in [3.63, 3.8) is 0 Å². The number of ether oxygens (including phenoxy) is 1. The number of carboxylic acids is 1. The number of hydrogen-bond acceptors (Lipinski definition) is 5. The molecule has 110 valence electrons. The van der Waals surface area contributed by atoms with Crippen molar-refractivity contribution in [1.29, 1.82) is 0 Å². The molecule has 0 spiro atoms. The Balaban J connectivity index is 2.39. The number of rotatable bonds is 8. The fourth-order valence-electron chi connectivity index (χ4n) is 1.57. The number of carbonyl (C=O) groups excluding carboxylic acids is 1. The summed E-state index contributed by atoms with van der Waals surface area (Å²) in [6.07, 6.45) is 1.31. The summed E-state index contributed by atoms with van der Waals surface area (Å²) in [5, 5.41) is 11.5. The van der Waals surface area contributed by atoms with Crippen LogP contribution >= 0.6 is 0 Å². The molecule has 0 aliphatic carbocycles. The predicted molar refractivity (Wildman–Crippen MR) is 72.4 cm³/mol. The lowest BCUT2D eigenvalue weighted by Gasteiger charge is -2.15. The standard InChI is InChI=1S/C13H19N3O4/c1-16(9-12(17)14-5-6-20-2)8-11-4-3-10(7-15-11)13(18)19/h3-4,7H,5-6,8-9H2,1-2H3,(H,14,17)(H,18,19). The van der Waals surface area contributed by atoms with E-state index in [-0.39, 0.29) is 18.0 Å². The highest BCUT2D eigenvalue weighted by atomic mass is 16.5. The van der Waals surface area contributed by atoms with E-state index >= 15 is 0 Å². The maximum Gasteiger partial charge on any atom is 0.337 e. The number of hydrogen-bond donors (Lipinski definition) is 2. The first-order valence-corrected chi connectivity index (χ1v) is 6.15. The number of methoxy groups -OCH3 is 1. The van der Waals surface area contributed by atoms with Crippen LogP contribution in [0.15, 0.2) is 18.3 Å². The lowest BCUT2D eigenvalue weighted by Crippen LogP contribution is -2.36. The van der Waals surface area contributed by atoms with Gasteiger partial charge in [-0.1, -0.05) is 0 Å². The molecular formula is C13H19N3O4. The SMILES string of the molecule is COCCNC(=O)CN(C)Cc1ccc(C(=O)O)cn1. The van der Waals surface area contributed by atoms with Crippen molar-refractivity contribution in [1.82, 2.24) is 15.2 Å². The van der Waals surface area contributed by atoms with Gasteiger partial charge in [0.2, 0.25) is 5.91 Å². The van der Waals surface area contributed by atoms with Crippen molar-refractivity contribution >= 4 is 11.9 Å². The van der Waals surface area contributed by atoms with Gasteiger partial charge in [0.15, 0.2) is 0 Å². The highest BCUT2D eigenvalue weighted by Gasteiger charge is 2.08. The van der Waals surface area contributed by atoms with E-state index in [1.165, 1.54) is 12.3 Å². The van der Waals surface area contributed by atoms with Gasteiger partial charge in [-0.15, -0.1) is 0 Å². The first-order chi connectivity index (χ1) is 9.52. The Kier molecular flexibility index (Phi) is 6.61. The molecule has 1 heterocycles. The Morgan fingerprint density at radius 1 is 1.45 bits per heavy atom. The molecule has 0 aliphatic rings. The van der Waals surface area contributed by atoms with Gasteiger partial charge in [-0.25, -0.2) is 4.79 Å². The van der Waals surface area contributed by atoms with Crippen LogP contribution in [-0.4, -0.2) is 60.7 Å². The zero-order chi connectivity index (χ0) is 15.0. The van der Waals surface area contributed by atoms with Crippen molar-refractivity contribution in [3.05, 3.63) is 29.6 Å². The van der Waals surface area contributed by atoms with E-state index in [0.29, 0.717) is 25.4 Å². The summed E-state index contributed by atoms with van der Waals surface area (Å²) in [5.41, 5.74) is 0.857. The quantitative estimate of drug-likeness (QED) is 0.650. The van der Waals surface area contributed by atoms with E-state index < -0.39 is 5.97 Å². The number of carboxylic acid groups (broad SMARTS) is 1. The predicted octanol–water partition coefficient (Wildman–Crippen LogP) is -0.0258. The summed E-state index contributed by atoms with van der Waals surface area (Å²) in [5.74, 6) is -1.10. The van der Waals surface area contributed by atoms with Gasteiger partial charge >= 0.3 is 5.97 Å². The number of aromatic carboxylic acids is 1. The maximum absolute atomic E-state index is 11.6. The second-order valence-electron chi connectivity index (χ2n) is 4.36. The van der Waals surface area contributed by atoms with E-state index in [4.69, 9.17) is 9.84 Å². The molecule has 0 atom stereocenters. The molecule has 1 aromatic heterocycles. The molecule has 2 N–H and O–H groups in total. The van der Waals surface area contributed by atoms with Crippen molar-refractivity contribution in [2.24, 2.45) is 0 Å². The topological polar surface area (TPSA) is 91.8 Å². The number of amides is 1. The Morgan fingerprint density at radius 3 is 2.75 bits per heavy atom. The molecule has 0 saturated carbocycles. The number of pyridine rings is 1. The van der Waals surface area contributed by atoms with Crippen LogP contribution in [-0.2, 0) is 16.1 Å². The largest absolute Gasteiger partial charge is 0.478 e. The molecule has 0 saturated heterocycles. The molecule has 7 heteroatoms. The number of nitrogens with one attached hydrogen (secondary N) is 1. The zero-order valence-corrected chi connectivity index (χ0v) is 11.6. The molecule has 7 nitrogen and oxygen atoms in total. The molecule has 1 aromatic rings. The molecule has 0 unspecified atom stereocenters. The second kappa shape index (κ2) is 8.23. The van der Waals surface area contributed by atoms with Crippen LogP contribution in [0.2, 0.25) is 0 Å². The zero-order valence-electron chi connectivity index (χ0n) is 11.6. The second-order valence-corrected chi connectivity index (χ2v) is 4.36. The third-order valence-corrected chi connectivity index (χ3v) is 2.55. The fraction of sp³-hybridized carbons (Fsp3) is 0.462. The van der Waals surface area contributed by atoms with Gasteiger partial charge in [0.05, 0.1) is 24.4 Å². The minimum atomic E-state index is -1.00.